The topological polar surface area (TPSA) is 64.2 Å². The summed E-state index contributed by atoms with van der Waals surface area (Å²) in [5.41, 5.74) is 6.78. The third-order valence-electron chi connectivity index (χ3n) is 4.45. The van der Waals surface area contributed by atoms with Gasteiger partial charge in [0.1, 0.15) is 0 Å². The van der Waals surface area contributed by atoms with Crippen molar-refractivity contribution < 1.29 is 18.0 Å². The highest BCUT2D eigenvalue weighted by molar-refractivity contribution is 5.97. The van der Waals surface area contributed by atoms with E-state index in [4.69, 9.17) is 5.73 Å². The predicted molar refractivity (Wildman–Crippen MR) is 88.2 cm³/mol. The highest BCUT2D eigenvalue weighted by atomic mass is 19.4. The molecule has 2 heterocycles. The van der Waals surface area contributed by atoms with E-state index in [0.717, 1.165) is 17.4 Å². The van der Waals surface area contributed by atoms with Crippen LogP contribution >= 0.6 is 0 Å². The molecule has 1 aromatic carbocycles. The van der Waals surface area contributed by atoms with Crippen molar-refractivity contribution in [1.82, 2.24) is 14.5 Å². The van der Waals surface area contributed by atoms with Crippen LogP contribution in [-0.4, -0.2) is 39.5 Å². The second-order valence-electron chi connectivity index (χ2n) is 6.75. The van der Waals surface area contributed by atoms with Gasteiger partial charge in [0.25, 0.3) is 5.91 Å². The number of amides is 1. The molecule has 0 aliphatic carbocycles. The van der Waals surface area contributed by atoms with Gasteiger partial charge in [0.15, 0.2) is 0 Å². The highest BCUT2D eigenvalue weighted by Crippen LogP contribution is 2.34. The Balaban J connectivity index is 2.01. The van der Waals surface area contributed by atoms with Crippen molar-refractivity contribution >= 4 is 16.9 Å². The Morgan fingerprint density at radius 2 is 2.08 bits per heavy atom. The highest BCUT2D eigenvalue weighted by Gasteiger charge is 2.38. The van der Waals surface area contributed by atoms with Crippen molar-refractivity contribution in [3.05, 3.63) is 29.6 Å². The Labute approximate surface area is 143 Å². The molecule has 0 unspecified atom stereocenters. The molecule has 136 valence electrons. The second-order valence-corrected chi connectivity index (χ2v) is 6.75. The molecule has 2 N–H and O–H groups in total. The number of aromatic nitrogens is 2. The van der Waals surface area contributed by atoms with E-state index in [0.29, 0.717) is 24.2 Å². The lowest BCUT2D eigenvalue weighted by Gasteiger charge is -2.30. The maximum absolute atomic E-state index is 13.3. The lowest BCUT2D eigenvalue weighted by molar-refractivity contribution is -0.147. The summed E-state index contributed by atoms with van der Waals surface area (Å²) < 4.78 is 41.0. The maximum Gasteiger partial charge on any atom is 0.449 e. The summed E-state index contributed by atoms with van der Waals surface area (Å²) in [7, 11) is 0. The van der Waals surface area contributed by atoms with E-state index in [9.17, 15) is 18.0 Å². The summed E-state index contributed by atoms with van der Waals surface area (Å²) in [5.74, 6) is -1.16. The van der Waals surface area contributed by atoms with Crippen molar-refractivity contribution in [2.45, 2.75) is 44.9 Å². The molecule has 0 saturated carbocycles. The first-order chi connectivity index (χ1) is 11.7. The number of nitrogens with zero attached hydrogens (tertiary/aromatic N) is 3. The largest absolute Gasteiger partial charge is 0.449 e. The molecule has 1 aromatic heterocycles. The predicted octanol–water partition coefficient (Wildman–Crippen LogP) is 3.20. The number of benzene rings is 1. The van der Waals surface area contributed by atoms with Gasteiger partial charge < -0.3 is 15.2 Å². The fourth-order valence-corrected chi connectivity index (χ4v) is 3.33. The van der Waals surface area contributed by atoms with Gasteiger partial charge in [-0.15, -0.1) is 0 Å². The van der Waals surface area contributed by atoms with Crippen LogP contribution in [0.25, 0.3) is 11.0 Å². The average molecular weight is 354 g/mol. The summed E-state index contributed by atoms with van der Waals surface area (Å²) in [6.07, 6.45) is -2.85. The first-order valence-electron chi connectivity index (χ1n) is 8.32. The monoisotopic (exact) mass is 354 g/mol. The Morgan fingerprint density at radius 1 is 1.36 bits per heavy atom. The number of likely N-dealkylation sites (tertiary alicyclic amines) is 1. The minimum absolute atomic E-state index is 0.0570. The molecule has 25 heavy (non-hydrogen) atoms. The van der Waals surface area contributed by atoms with Crippen LogP contribution in [0.5, 0.6) is 0 Å². The molecule has 1 atom stereocenters. The molecular weight excluding hydrogens is 333 g/mol. The van der Waals surface area contributed by atoms with Crippen LogP contribution in [0.2, 0.25) is 0 Å². The fourth-order valence-electron chi connectivity index (χ4n) is 3.33. The molecule has 2 aromatic rings. The number of carbonyl (C=O) groups is 1. The van der Waals surface area contributed by atoms with Crippen LogP contribution in [-0.2, 0) is 6.18 Å². The van der Waals surface area contributed by atoms with Gasteiger partial charge in [-0.25, -0.2) is 4.98 Å². The normalized spacial score (nSPS) is 19.0. The van der Waals surface area contributed by atoms with Crippen LogP contribution in [0, 0.1) is 0 Å². The third kappa shape index (κ3) is 3.35. The van der Waals surface area contributed by atoms with Crippen molar-refractivity contribution in [3.63, 3.8) is 0 Å². The summed E-state index contributed by atoms with van der Waals surface area (Å²) >= 11 is 0. The lowest BCUT2D eigenvalue weighted by Crippen LogP contribution is -2.45. The van der Waals surface area contributed by atoms with Gasteiger partial charge in [-0.3, -0.25) is 4.79 Å². The van der Waals surface area contributed by atoms with E-state index in [1.54, 1.807) is 24.8 Å². The van der Waals surface area contributed by atoms with E-state index >= 15 is 0 Å². The van der Waals surface area contributed by atoms with Gasteiger partial charge in [-0.05, 0) is 44.9 Å². The van der Waals surface area contributed by atoms with Crippen molar-refractivity contribution in [2.75, 3.05) is 13.1 Å². The summed E-state index contributed by atoms with van der Waals surface area (Å²) in [6, 6.07) is 4.08. The molecule has 1 amide bonds. The Hall–Kier alpha value is -2.09. The van der Waals surface area contributed by atoms with Crippen molar-refractivity contribution in [1.29, 1.82) is 0 Å². The number of alkyl halides is 3. The summed E-state index contributed by atoms with van der Waals surface area (Å²) in [4.78, 5) is 18.0. The molecule has 0 radical (unpaired) electrons. The van der Waals surface area contributed by atoms with Crippen LogP contribution < -0.4 is 5.73 Å². The molecule has 1 saturated heterocycles. The SMILES string of the molecule is CC(C)n1c(C(F)(F)F)nc2cc(C(=O)N3CCC[C@@H](N)C3)ccc21. The molecule has 1 aliphatic heterocycles. The van der Waals surface area contributed by atoms with E-state index in [-0.39, 0.29) is 17.5 Å². The molecule has 8 heteroatoms. The van der Waals surface area contributed by atoms with Gasteiger partial charge >= 0.3 is 6.18 Å². The summed E-state index contributed by atoms with van der Waals surface area (Å²) in [6.45, 7) is 4.42. The van der Waals surface area contributed by atoms with E-state index < -0.39 is 18.0 Å². The smallest absolute Gasteiger partial charge is 0.337 e. The van der Waals surface area contributed by atoms with Crippen LogP contribution in [0.4, 0.5) is 13.2 Å². The molecular formula is C17H21F3N4O. The molecule has 3 rings (SSSR count). The molecule has 0 spiro atoms. The van der Waals surface area contributed by atoms with Gasteiger partial charge in [-0.2, -0.15) is 13.2 Å². The third-order valence-corrected chi connectivity index (χ3v) is 4.45. The molecule has 1 aliphatic rings. The second kappa shape index (κ2) is 6.33. The number of imidazole rings is 1. The Morgan fingerprint density at radius 3 is 2.68 bits per heavy atom. The van der Waals surface area contributed by atoms with E-state index in [2.05, 4.69) is 4.98 Å². The zero-order valence-electron chi connectivity index (χ0n) is 14.2. The fraction of sp³-hybridized carbons (Fsp3) is 0.529. The standard InChI is InChI=1S/C17H21F3N4O/c1-10(2)24-14-6-5-11(8-13(14)22-16(24)17(18,19)20)15(25)23-7-3-4-12(21)9-23/h5-6,8,10,12H,3-4,7,9,21H2,1-2H3/t12-/m1/s1. The first-order valence-corrected chi connectivity index (χ1v) is 8.32. The van der Waals surface area contributed by atoms with Crippen LogP contribution in [0.1, 0.15) is 48.9 Å². The van der Waals surface area contributed by atoms with Crippen molar-refractivity contribution in [3.8, 4) is 0 Å². The number of halogens is 3. The van der Waals surface area contributed by atoms with Crippen LogP contribution in [0.15, 0.2) is 18.2 Å². The number of rotatable bonds is 2. The zero-order chi connectivity index (χ0) is 18.4. The Kier molecular flexibility index (Phi) is 4.49. The number of hydrogen-bond acceptors (Lipinski definition) is 3. The quantitative estimate of drug-likeness (QED) is 0.901. The number of carbonyl (C=O) groups excluding carboxylic acids is 1. The van der Waals surface area contributed by atoms with Gasteiger partial charge in [-0.1, -0.05) is 0 Å². The lowest BCUT2D eigenvalue weighted by atomic mass is 10.1. The number of fused-ring (bicyclic) bond motifs is 1. The number of nitrogens with two attached hydrogens (primary N) is 1. The van der Waals surface area contributed by atoms with Gasteiger partial charge in [0, 0.05) is 30.7 Å². The van der Waals surface area contributed by atoms with E-state index in [1.165, 1.54) is 12.1 Å². The molecule has 0 bridgehead atoms. The zero-order valence-corrected chi connectivity index (χ0v) is 14.2. The maximum atomic E-state index is 13.3. The first kappa shape index (κ1) is 17.7. The molecule has 5 nitrogen and oxygen atoms in total. The van der Waals surface area contributed by atoms with E-state index in [1.807, 2.05) is 0 Å². The van der Waals surface area contributed by atoms with Crippen LogP contribution in [0.3, 0.4) is 0 Å². The molecule has 1 fully saturated rings. The van der Waals surface area contributed by atoms with Crippen molar-refractivity contribution in [2.24, 2.45) is 5.73 Å². The number of hydrogen-bond donors (Lipinski definition) is 1. The minimum atomic E-state index is -4.55. The minimum Gasteiger partial charge on any atom is -0.337 e. The number of piperidine rings is 1. The van der Waals surface area contributed by atoms with Gasteiger partial charge in [0.2, 0.25) is 5.82 Å². The van der Waals surface area contributed by atoms with Gasteiger partial charge in [0.05, 0.1) is 11.0 Å². The summed E-state index contributed by atoms with van der Waals surface area (Å²) in [5, 5.41) is 0. The average Bonchev–Trinajstić information content (AvgIpc) is 2.93. The Bertz CT molecular complexity index is 797.